The van der Waals surface area contributed by atoms with Crippen LogP contribution >= 0.6 is 0 Å². The van der Waals surface area contributed by atoms with Gasteiger partial charge in [0.15, 0.2) is 0 Å². The van der Waals surface area contributed by atoms with E-state index in [4.69, 9.17) is 10.4 Å². The first-order valence-corrected chi connectivity index (χ1v) is 4.04. The fourth-order valence-corrected chi connectivity index (χ4v) is 0.875. The number of carboxylic acid groups (broad SMARTS) is 1. The lowest BCUT2D eigenvalue weighted by atomic mass is 10.1. The molecule has 0 aliphatic carbocycles. The summed E-state index contributed by atoms with van der Waals surface area (Å²) in [6.45, 7) is 2.06. The minimum absolute atomic E-state index is 0.357. The van der Waals surface area contributed by atoms with Gasteiger partial charge in [0.25, 0.3) is 0 Å². The first kappa shape index (κ1) is 10.7. The second-order valence-electron chi connectivity index (χ2n) is 2.58. The summed E-state index contributed by atoms with van der Waals surface area (Å²) in [5.74, 6) is -1.04. The molecular weight excluding hydrogens is 154 g/mol. The number of nitriles is 1. The second kappa shape index (κ2) is 6.41. The number of nitrogens with zero attached hydrogens (tertiary/aromatic N) is 1. The van der Waals surface area contributed by atoms with E-state index in [1.54, 1.807) is 0 Å². The van der Waals surface area contributed by atoms with E-state index >= 15 is 0 Å². The molecule has 0 radical (unpaired) electrons. The van der Waals surface area contributed by atoms with Gasteiger partial charge in [0.2, 0.25) is 0 Å². The average Bonchev–Trinajstić information content (AvgIpc) is 2.02. The summed E-state index contributed by atoms with van der Waals surface area (Å²) >= 11 is 0. The summed E-state index contributed by atoms with van der Waals surface area (Å²) in [5, 5.41) is 16.8. The van der Waals surface area contributed by atoms with Gasteiger partial charge in [0, 0.05) is 11.6 Å². The first-order valence-electron chi connectivity index (χ1n) is 4.04. The molecule has 0 rings (SSSR count). The molecule has 0 saturated carbocycles. The number of carbonyl (C=O) groups is 1. The highest BCUT2D eigenvalue weighted by Gasteiger charge is 1.98. The van der Waals surface area contributed by atoms with E-state index in [1.165, 1.54) is 0 Å². The van der Waals surface area contributed by atoms with Crippen LogP contribution in [0, 0.1) is 11.3 Å². The highest BCUT2D eigenvalue weighted by atomic mass is 16.4. The van der Waals surface area contributed by atoms with Gasteiger partial charge in [-0.05, 0) is 12.8 Å². The van der Waals surface area contributed by atoms with Crippen molar-refractivity contribution in [1.29, 1.82) is 5.26 Å². The number of rotatable bonds is 5. The maximum Gasteiger partial charge on any atom is 0.329 e. The van der Waals surface area contributed by atoms with Crippen molar-refractivity contribution in [2.75, 3.05) is 0 Å². The number of aliphatic carboxylic acids is 1. The highest BCUT2D eigenvalue weighted by Crippen LogP contribution is 2.07. The zero-order valence-electron chi connectivity index (χ0n) is 7.21. The van der Waals surface area contributed by atoms with Gasteiger partial charge in [-0.25, -0.2) is 4.79 Å². The van der Waals surface area contributed by atoms with Crippen LogP contribution in [0.1, 0.15) is 32.6 Å². The summed E-state index contributed by atoms with van der Waals surface area (Å²) in [6, 6.07) is 1.87. The maximum atomic E-state index is 10.2. The van der Waals surface area contributed by atoms with Crippen LogP contribution in [0.3, 0.4) is 0 Å². The molecule has 0 aromatic carbocycles. The van der Waals surface area contributed by atoms with Gasteiger partial charge >= 0.3 is 5.97 Å². The van der Waals surface area contributed by atoms with Gasteiger partial charge in [0.1, 0.15) is 0 Å². The minimum atomic E-state index is -1.04. The molecule has 0 aromatic heterocycles. The van der Waals surface area contributed by atoms with Crippen LogP contribution in [0.2, 0.25) is 0 Å². The van der Waals surface area contributed by atoms with Gasteiger partial charge in [-0.2, -0.15) is 5.26 Å². The van der Waals surface area contributed by atoms with Crippen molar-refractivity contribution >= 4 is 5.97 Å². The molecule has 0 amide bonds. The maximum absolute atomic E-state index is 10.2. The van der Waals surface area contributed by atoms with E-state index in [0.29, 0.717) is 12.0 Å². The van der Waals surface area contributed by atoms with Crippen LogP contribution in [0.15, 0.2) is 11.6 Å². The summed E-state index contributed by atoms with van der Waals surface area (Å²) in [6.07, 6.45) is 4.57. The minimum Gasteiger partial charge on any atom is -0.478 e. The largest absolute Gasteiger partial charge is 0.478 e. The molecule has 3 heteroatoms. The van der Waals surface area contributed by atoms with Crippen LogP contribution < -0.4 is 0 Å². The van der Waals surface area contributed by atoms with Gasteiger partial charge in [-0.15, -0.1) is 0 Å². The van der Waals surface area contributed by atoms with Gasteiger partial charge in [-0.1, -0.05) is 19.8 Å². The molecular formula is C9H13NO2. The SMILES string of the molecule is CCCCCC(C#N)=CC(=O)O. The van der Waals surface area contributed by atoms with E-state index < -0.39 is 5.97 Å². The Hall–Kier alpha value is -1.30. The standard InChI is InChI=1S/C9H13NO2/c1-2-3-4-5-8(7-10)6-9(11)12/h6H,2-5H2,1H3,(H,11,12). The van der Waals surface area contributed by atoms with Gasteiger partial charge < -0.3 is 5.11 Å². The molecule has 3 nitrogen and oxygen atoms in total. The normalized spacial score (nSPS) is 10.8. The van der Waals surface area contributed by atoms with Crippen molar-refractivity contribution in [3.8, 4) is 6.07 Å². The van der Waals surface area contributed by atoms with Crippen LogP contribution in [0.5, 0.6) is 0 Å². The first-order chi connectivity index (χ1) is 5.70. The Bertz CT molecular complexity index is 213. The second-order valence-corrected chi connectivity index (χ2v) is 2.58. The Morgan fingerprint density at radius 1 is 1.58 bits per heavy atom. The molecule has 1 N–H and O–H groups in total. The van der Waals surface area contributed by atoms with E-state index in [9.17, 15) is 4.79 Å². The molecule has 0 saturated heterocycles. The van der Waals surface area contributed by atoms with Crippen molar-refractivity contribution in [2.24, 2.45) is 0 Å². The number of unbranched alkanes of at least 4 members (excludes halogenated alkanes) is 2. The van der Waals surface area contributed by atoms with Crippen LogP contribution in [-0.2, 0) is 4.79 Å². The Morgan fingerprint density at radius 3 is 2.67 bits per heavy atom. The molecule has 66 valence electrons. The topological polar surface area (TPSA) is 61.1 Å². The average molecular weight is 167 g/mol. The van der Waals surface area contributed by atoms with Crippen molar-refractivity contribution in [1.82, 2.24) is 0 Å². The lowest BCUT2D eigenvalue weighted by Gasteiger charge is -1.95. The zero-order valence-corrected chi connectivity index (χ0v) is 7.21. The van der Waals surface area contributed by atoms with Crippen LogP contribution in [-0.4, -0.2) is 11.1 Å². The molecule has 0 aromatic rings. The summed E-state index contributed by atoms with van der Waals surface area (Å²) in [7, 11) is 0. The molecule has 0 aliphatic rings. The van der Waals surface area contributed by atoms with Crippen molar-refractivity contribution in [2.45, 2.75) is 32.6 Å². The van der Waals surface area contributed by atoms with E-state index in [1.807, 2.05) is 6.07 Å². The van der Waals surface area contributed by atoms with Crippen LogP contribution in [0.25, 0.3) is 0 Å². The Labute approximate surface area is 72.3 Å². The summed E-state index contributed by atoms with van der Waals surface area (Å²) in [4.78, 5) is 10.2. The molecule has 0 fully saturated rings. The summed E-state index contributed by atoms with van der Waals surface area (Å²) < 4.78 is 0. The third-order valence-electron chi connectivity index (χ3n) is 1.49. The van der Waals surface area contributed by atoms with Crippen molar-refractivity contribution < 1.29 is 9.90 Å². The smallest absolute Gasteiger partial charge is 0.329 e. The molecule has 0 unspecified atom stereocenters. The molecule has 0 spiro atoms. The van der Waals surface area contributed by atoms with E-state index in [0.717, 1.165) is 25.3 Å². The number of allylic oxidation sites excluding steroid dienone is 1. The van der Waals surface area contributed by atoms with Crippen molar-refractivity contribution in [3.05, 3.63) is 11.6 Å². The molecule has 12 heavy (non-hydrogen) atoms. The third-order valence-corrected chi connectivity index (χ3v) is 1.49. The number of carboxylic acids is 1. The van der Waals surface area contributed by atoms with E-state index in [-0.39, 0.29) is 0 Å². The summed E-state index contributed by atoms with van der Waals surface area (Å²) in [5.41, 5.74) is 0.357. The third kappa shape index (κ3) is 5.48. The van der Waals surface area contributed by atoms with Crippen LogP contribution in [0.4, 0.5) is 0 Å². The van der Waals surface area contributed by atoms with Gasteiger partial charge in [0.05, 0.1) is 6.07 Å². The Balaban J connectivity index is 3.86. The molecule has 0 atom stereocenters. The predicted molar refractivity (Wildman–Crippen MR) is 45.5 cm³/mol. The van der Waals surface area contributed by atoms with E-state index in [2.05, 4.69) is 6.92 Å². The quantitative estimate of drug-likeness (QED) is 0.387. The van der Waals surface area contributed by atoms with Crippen molar-refractivity contribution in [3.63, 3.8) is 0 Å². The molecule has 0 heterocycles. The molecule has 0 bridgehead atoms. The number of hydrogen-bond donors (Lipinski definition) is 1. The predicted octanol–water partition coefficient (Wildman–Crippen LogP) is 2.10. The monoisotopic (exact) mass is 167 g/mol. The Kier molecular flexibility index (Phi) is 5.72. The fourth-order valence-electron chi connectivity index (χ4n) is 0.875. The van der Waals surface area contributed by atoms with Gasteiger partial charge in [-0.3, -0.25) is 0 Å². The number of hydrogen-bond acceptors (Lipinski definition) is 2. The fraction of sp³-hybridized carbons (Fsp3) is 0.556. The highest BCUT2D eigenvalue weighted by molar-refractivity contribution is 5.81. The zero-order chi connectivity index (χ0) is 9.40. The Morgan fingerprint density at radius 2 is 2.25 bits per heavy atom. The lowest BCUT2D eigenvalue weighted by Crippen LogP contribution is -1.91. The lowest BCUT2D eigenvalue weighted by molar-refractivity contribution is -0.131. The molecule has 0 aliphatic heterocycles.